The fourth-order valence-corrected chi connectivity index (χ4v) is 2.60. The number of hydrogen-bond acceptors (Lipinski definition) is 4. The summed E-state index contributed by atoms with van der Waals surface area (Å²) in [5.74, 6) is -1.34. The predicted octanol–water partition coefficient (Wildman–Crippen LogP) is 0.718. The summed E-state index contributed by atoms with van der Waals surface area (Å²) in [6.45, 7) is 1.42. The van der Waals surface area contributed by atoms with Crippen LogP contribution in [0.3, 0.4) is 0 Å². The van der Waals surface area contributed by atoms with Gasteiger partial charge in [-0.3, -0.25) is 0 Å². The Balaban J connectivity index is 2.26. The van der Waals surface area contributed by atoms with Crippen molar-refractivity contribution in [2.45, 2.75) is 19.1 Å². The molecule has 3 aromatic rings. The number of fused-ring (bicyclic) bond motifs is 2. The number of aliphatic hydroxyl groups excluding tert-OH is 1. The molecule has 5 nitrogen and oxygen atoms in total. The van der Waals surface area contributed by atoms with Crippen molar-refractivity contribution >= 4 is 33.5 Å². The third kappa shape index (κ3) is 2.46. The maximum Gasteiger partial charge on any atom is 0.213 e. The van der Waals surface area contributed by atoms with Crippen LogP contribution in [-0.2, 0) is 4.79 Å². The number of anilines is 1. The number of nitrogens with one attached hydrogen (secondary N) is 2. The lowest BCUT2D eigenvalue weighted by Gasteiger charge is -2.24. The summed E-state index contributed by atoms with van der Waals surface area (Å²) >= 11 is 0. The Kier molecular flexibility index (Phi) is 3.65. The van der Waals surface area contributed by atoms with E-state index in [1.165, 1.54) is 6.92 Å². The van der Waals surface area contributed by atoms with Crippen molar-refractivity contribution in [1.29, 1.82) is 0 Å². The molecule has 2 aromatic carbocycles. The Hall–Kier alpha value is -2.66. The Morgan fingerprint density at radius 1 is 1.09 bits per heavy atom. The molecule has 1 heterocycles. The van der Waals surface area contributed by atoms with Gasteiger partial charge in [-0.25, -0.2) is 4.98 Å². The maximum atomic E-state index is 11.3. The van der Waals surface area contributed by atoms with E-state index in [-0.39, 0.29) is 0 Å². The average Bonchev–Trinajstić information content (AvgIpc) is 2.50. The molecule has 0 radical (unpaired) electrons. The van der Waals surface area contributed by atoms with Gasteiger partial charge in [0.2, 0.25) is 11.0 Å². The molecule has 5 heteroatoms. The molecule has 3 N–H and O–H groups in total. The van der Waals surface area contributed by atoms with Crippen LogP contribution < -0.4 is 15.4 Å². The van der Waals surface area contributed by atoms with Crippen LogP contribution in [0.2, 0.25) is 0 Å². The van der Waals surface area contributed by atoms with E-state index in [1.807, 2.05) is 48.5 Å². The van der Waals surface area contributed by atoms with Gasteiger partial charge in [-0.1, -0.05) is 24.3 Å². The Morgan fingerprint density at radius 3 is 2.05 bits per heavy atom. The van der Waals surface area contributed by atoms with Crippen LogP contribution in [0, 0.1) is 0 Å². The lowest BCUT2D eigenvalue weighted by atomic mass is 10.1. The van der Waals surface area contributed by atoms with Crippen LogP contribution in [0.1, 0.15) is 6.92 Å². The Labute approximate surface area is 127 Å². The van der Waals surface area contributed by atoms with Crippen molar-refractivity contribution in [3.05, 3.63) is 48.5 Å². The van der Waals surface area contributed by atoms with Gasteiger partial charge in [0, 0.05) is 12.1 Å². The highest BCUT2D eigenvalue weighted by atomic mass is 16.4. The number of H-pyrrole nitrogens is 1. The molecule has 0 aliphatic carbocycles. The molecule has 0 unspecified atom stereocenters. The van der Waals surface area contributed by atoms with E-state index in [1.54, 1.807) is 0 Å². The van der Waals surface area contributed by atoms with Gasteiger partial charge in [0.1, 0.15) is 0 Å². The highest BCUT2D eigenvalue weighted by Gasteiger charge is 2.20. The minimum absolute atomic E-state index is 0.667. The largest absolute Gasteiger partial charge is 0.548 e. The maximum absolute atomic E-state index is 11.3. The number of benzene rings is 2. The van der Waals surface area contributed by atoms with E-state index in [2.05, 4.69) is 10.3 Å². The molecule has 0 fully saturated rings. The van der Waals surface area contributed by atoms with Gasteiger partial charge < -0.3 is 20.3 Å². The number of para-hydroxylation sites is 2. The second-order valence-corrected chi connectivity index (χ2v) is 5.27. The minimum Gasteiger partial charge on any atom is -0.548 e. The monoisotopic (exact) mass is 296 g/mol. The van der Waals surface area contributed by atoms with E-state index in [0.717, 1.165) is 21.8 Å². The summed E-state index contributed by atoms with van der Waals surface area (Å²) in [5.41, 5.74) is 2.43. The summed E-state index contributed by atoms with van der Waals surface area (Å²) in [5, 5.41) is 25.6. The molecule has 3 rings (SSSR count). The SMILES string of the molecule is C[C@H](O)[C@H](Nc1c2ccccc2[nH+]c2ccccc12)C(=O)[O-]. The van der Waals surface area contributed by atoms with Gasteiger partial charge in [0.25, 0.3) is 0 Å². The van der Waals surface area contributed by atoms with Gasteiger partial charge in [-0.2, -0.15) is 0 Å². The molecular weight excluding hydrogens is 280 g/mol. The van der Waals surface area contributed by atoms with Crippen molar-refractivity contribution < 1.29 is 20.0 Å². The third-order valence-corrected chi connectivity index (χ3v) is 3.70. The minimum atomic E-state index is -1.34. The number of aliphatic hydroxyl groups is 1. The number of carboxylic acid groups (broad SMARTS) is 1. The van der Waals surface area contributed by atoms with Crippen LogP contribution in [0.15, 0.2) is 48.5 Å². The first-order valence-corrected chi connectivity index (χ1v) is 7.06. The highest BCUT2D eigenvalue weighted by molar-refractivity contribution is 6.05. The van der Waals surface area contributed by atoms with Crippen molar-refractivity contribution in [3.63, 3.8) is 0 Å². The zero-order valence-electron chi connectivity index (χ0n) is 12.0. The summed E-state index contributed by atoms with van der Waals surface area (Å²) in [7, 11) is 0. The summed E-state index contributed by atoms with van der Waals surface area (Å²) in [6, 6.07) is 14.0. The number of aromatic amines is 1. The molecule has 0 spiro atoms. The normalized spacial score (nSPS) is 13.9. The average molecular weight is 296 g/mol. The fourth-order valence-electron chi connectivity index (χ4n) is 2.60. The lowest BCUT2D eigenvalue weighted by Crippen LogP contribution is -2.47. The van der Waals surface area contributed by atoms with Gasteiger partial charge in [-0.05, 0) is 19.1 Å². The van der Waals surface area contributed by atoms with E-state index in [0.29, 0.717) is 5.69 Å². The standard InChI is InChI=1S/C17H16N2O3/c1-10(20)15(17(21)22)19-16-11-6-2-4-8-13(11)18-14-9-5-3-7-12(14)16/h2-10,15,20H,1H3,(H,18,19)(H,21,22)/t10-,15-/m0/s1. The van der Waals surface area contributed by atoms with Crippen LogP contribution in [-0.4, -0.2) is 23.2 Å². The number of rotatable bonds is 4. The number of hydrogen-bond donors (Lipinski definition) is 2. The quantitative estimate of drug-likeness (QED) is 0.695. The van der Waals surface area contributed by atoms with Crippen molar-refractivity contribution in [3.8, 4) is 0 Å². The first-order chi connectivity index (χ1) is 10.6. The molecule has 22 heavy (non-hydrogen) atoms. The predicted molar refractivity (Wildman–Crippen MR) is 82.1 cm³/mol. The summed E-state index contributed by atoms with van der Waals surface area (Å²) in [6.07, 6.45) is -1.08. The number of pyridine rings is 1. The first kappa shape index (κ1) is 14.3. The van der Waals surface area contributed by atoms with Crippen molar-refractivity contribution in [1.82, 2.24) is 0 Å². The number of aliphatic carboxylic acids is 1. The zero-order chi connectivity index (χ0) is 15.7. The number of carbonyl (C=O) groups is 1. The summed E-state index contributed by atoms with van der Waals surface area (Å²) < 4.78 is 0. The number of carboxylic acids is 1. The molecule has 0 saturated heterocycles. The Morgan fingerprint density at radius 2 is 1.59 bits per heavy atom. The highest BCUT2D eigenvalue weighted by Crippen LogP contribution is 2.29. The van der Waals surface area contributed by atoms with E-state index in [4.69, 9.17) is 0 Å². The number of carbonyl (C=O) groups excluding carboxylic acids is 1. The Bertz CT molecular complexity index is 792. The molecule has 0 aliphatic rings. The first-order valence-electron chi connectivity index (χ1n) is 7.06. The second-order valence-electron chi connectivity index (χ2n) is 5.27. The van der Waals surface area contributed by atoms with Crippen molar-refractivity contribution in [2.24, 2.45) is 0 Å². The molecule has 112 valence electrons. The van der Waals surface area contributed by atoms with Crippen molar-refractivity contribution in [2.75, 3.05) is 5.32 Å². The van der Waals surface area contributed by atoms with Gasteiger partial charge in [-0.15, -0.1) is 0 Å². The van der Waals surface area contributed by atoms with Crippen LogP contribution >= 0.6 is 0 Å². The van der Waals surface area contributed by atoms with Gasteiger partial charge in [0.05, 0.1) is 34.6 Å². The molecule has 0 bridgehead atoms. The topological polar surface area (TPSA) is 86.5 Å². The van der Waals surface area contributed by atoms with E-state index in [9.17, 15) is 15.0 Å². The smallest absolute Gasteiger partial charge is 0.213 e. The van der Waals surface area contributed by atoms with Gasteiger partial charge in [0.15, 0.2) is 0 Å². The molecular formula is C17H16N2O3. The molecule has 0 amide bonds. The zero-order valence-corrected chi connectivity index (χ0v) is 12.0. The van der Waals surface area contributed by atoms with Crippen LogP contribution in [0.25, 0.3) is 21.8 Å². The van der Waals surface area contributed by atoms with Crippen LogP contribution in [0.4, 0.5) is 5.69 Å². The number of aromatic nitrogens is 1. The fraction of sp³-hybridized carbons (Fsp3) is 0.176. The summed E-state index contributed by atoms with van der Waals surface area (Å²) in [4.78, 5) is 14.6. The van der Waals surface area contributed by atoms with Gasteiger partial charge >= 0.3 is 0 Å². The second kappa shape index (κ2) is 5.61. The third-order valence-electron chi connectivity index (χ3n) is 3.70. The van der Waals surface area contributed by atoms with E-state index < -0.39 is 18.1 Å². The molecule has 0 saturated carbocycles. The van der Waals surface area contributed by atoms with E-state index >= 15 is 0 Å². The molecule has 0 aliphatic heterocycles. The lowest BCUT2D eigenvalue weighted by molar-refractivity contribution is -0.310. The molecule has 2 atom stereocenters. The molecule has 1 aromatic heterocycles. The van der Waals surface area contributed by atoms with Crippen LogP contribution in [0.5, 0.6) is 0 Å².